The molecule has 0 spiro atoms. The molecule has 0 aliphatic heterocycles. The third-order valence-electron chi connectivity index (χ3n) is 2.20. The van der Waals surface area contributed by atoms with Crippen molar-refractivity contribution in [2.75, 3.05) is 13.1 Å². The van der Waals surface area contributed by atoms with Crippen LogP contribution in [0, 0.1) is 12.7 Å². The van der Waals surface area contributed by atoms with Crippen LogP contribution in [0.2, 0.25) is 0 Å². The van der Waals surface area contributed by atoms with Crippen LogP contribution in [-0.4, -0.2) is 19.2 Å². The molecule has 1 aromatic rings. The number of nitrogens with one attached hydrogen (secondary N) is 1. The van der Waals surface area contributed by atoms with E-state index in [-0.39, 0.29) is 11.9 Å². The summed E-state index contributed by atoms with van der Waals surface area (Å²) in [6, 6.07) is 4.91. The summed E-state index contributed by atoms with van der Waals surface area (Å²) in [5, 5.41) is 3.14. The highest BCUT2D eigenvalue weighted by molar-refractivity contribution is 5.28. The van der Waals surface area contributed by atoms with Gasteiger partial charge in [0.05, 0.1) is 0 Å². The van der Waals surface area contributed by atoms with Gasteiger partial charge in [-0.1, -0.05) is 12.1 Å². The fourth-order valence-corrected chi connectivity index (χ4v) is 1.31. The number of benzene rings is 1. The average Bonchev–Trinajstić information content (AvgIpc) is 2.24. The lowest BCUT2D eigenvalue weighted by Gasteiger charge is -2.15. The average molecular weight is 223 g/mol. The van der Waals surface area contributed by atoms with Crippen LogP contribution >= 0.6 is 0 Å². The second-order valence-corrected chi connectivity index (χ2v) is 3.79. The molecule has 88 valence electrons. The van der Waals surface area contributed by atoms with Gasteiger partial charge in [0.25, 0.3) is 0 Å². The van der Waals surface area contributed by atoms with Gasteiger partial charge < -0.3 is 10.1 Å². The normalized spacial score (nSPS) is 12.2. The molecule has 0 radical (unpaired) electrons. The Morgan fingerprint density at radius 1 is 1.56 bits per heavy atom. The summed E-state index contributed by atoms with van der Waals surface area (Å²) >= 11 is 0. The Balaban J connectivity index is 2.46. The summed E-state index contributed by atoms with van der Waals surface area (Å²) in [5.74, 6) is 0.333. The Labute approximate surface area is 96.1 Å². The highest BCUT2D eigenvalue weighted by Gasteiger charge is 2.05. The van der Waals surface area contributed by atoms with Crippen LogP contribution in [0.3, 0.4) is 0 Å². The molecular formula is C13H18FNO. The van der Waals surface area contributed by atoms with Crippen molar-refractivity contribution in [3.63, 3.8) is 0 Å². The number of halogens is 1. The van der Waals surface area contributed by atoms with E-state index in [0.717, 1.165) is 6.54 Å². The first-order chi connectivity index (χ1) is 7.63. The Hall–Kier alpha value is -1.35. The maximum Gasteiger partial charge on any atom is 0.129 e. The largest absolute Gasteiger partial charge is 0.489 e. The van der Waals surface area contributed by atoms with E-state index in [1.807, 2.05) is 6.92 Å². The molecule has 1 rings (SSSR count). The second-order valence-electron chi connectivity index (χ2n) is 3.79. The fourth-order valence-electron chi connectivity index (χ4n) is 1.31. The first-order valence-electron chi connectivity index (χ1n) is 5.38. The van der Waals surface area contributed by atoms with E-state index in [1.54, 1.807) is 25.1 Å². The molecule has 2 nitrogen and oxygen atoms in total. The number of ether oxygens (including phenoxy) is 1. The van der Waals surface area contributed by atoms with Gasteiger partial charge in [-0.3, -0.25) is 0 Å². The molecular weight excluding hydrogens is 205 g/mol. The van der Waals surface area contributed by atoms with Crippen molar-refractivity contribution in [2.24, 2.45) is 0 Å². The molecule has 0 heterocycles. The van der Waals surface area contributed by atoms with E-state index in [9.17, 15) is 4.39 Å². The van der Waals surface area contributed by atoms with Crippen molar-refractivity contribution >= 4 is 0 Å². The summed E-state index contributed by atoms with van der Waals surface area (Å²) < 4.78 is 18.8. The molecule has 0 saturated carbocycles. The Kier molecular flexibility index (Phi) is 4.99. The fraction of sp³-hybridized carbons (Fsp3) is 0.385. The third-order valence-corrected chi connectivity index (χ3v) is 2.20. The molecule has 0 saturated heterocycles. The van der Waals surface area contributed by atoms with E-state index in [0.29, 0.717) is 17.9 Å². The van der Waals surface area contributed by atoms with Crippen LogP contribution in [0.5, 0.6) is 5.75 Å². The van der Waals surface area contributed by atoms with Gasteiger partial charge in [0.15, 0.2) is 0 Å². The lowest BCUT2D eigenvalue weighted by Crippen LogP contribution is -2.28. The van der Waals surface area contributed by atoms with Crippen LogP contribution in [0.15, 0.2) is 30.9 Å². The van der Waals surface area contributed by atoms with Crippen LogP contribution in [0.4, 0.5) is 4.39 Å². The van der Waals surface area contributed by atoms with Gasteiger partial charge >= 0.3 is 0 Å². The van der Waals surface area contributed by atoms with E-state index < -0.39 is 0 Å². The zero-order valence-corrected chi connectivity index (χ0v) is 9.79. The summed E-state index contributed by atoms with van der Waals surface area (Å²) in [6.07, 6.45) is 1.79. The van der Waals surface area contributed by atoms with Crippen molar-refractivity contribution in [3.05, 3.63) is 42.2 Å². The quantitative estimate of drug-likeness (QED) is 0.591. The van der Waals surface area contributed by atoms with Gasteiger partial charge in [-0.2, -0.15) is 0 Å². The van der Waals surface area contributed by atoms with Crippen LogP contribution in [0.1, 0.15) is 12.5 Å². The minimum atomic E-state index is -0.233. The number of hydrogen-bond acceptors (Lipinski definition) is 2. The molecule has 16 heavy (non-hydrogen) atoms. The predicted molar refractivity (Wildman–Crippen MR) is 64.3 cm³/mol. The highest BCUT2D eigenvalue weighted by Crippen LogP contribution is 2.16. The zero-order chi connectivity index (χ0) is 12.0. The minimum absolute atomic E-state index is 0.00190. The van der Waals surface area contributed by atoms with Gasteiger partial charge in [-0.15, -0.1) is 6.58 Å². The molecule has 1 N–H and O–H groups in total. The maximum atomic E-state index is 13.2. The molecule has 0 amide bonds. The molecule has 0 aliphatic rings. The van der Waals surface area contributed by atoms with Crippen molar-refractivity contribution in [2.45, 2.75) is 20.0 Å². The summed E-state index contributed by atoms with van der Waals surface area (Å²) in [5.41, 5.74) is 0.629. The molecule has 0 aliphatic carbocycles. The molecule has 1 atom stereocenters. The van der Waals surface area contributed by atoms with Gasteiger partial charge in [-0.25, -0.2) is 4.39 Å². The van der Waals surface area contributed by atoms with E-state index in [2.05, 4.69) is 11.9 Å². The molecule has 3 heteroatoms. The lowest BCUT2D eigenvalue weighted by molar-refractivity contribution is 0.218. The van der Waals surface area contributed by atoms with E-state index >= 15 is 0 Å². The predicted octanol–water partition coefficient (Wildman–Crippen LogP) is 2.68. The molecule has 0 fully saturated rings. The molecule has 0 aromatic heterocycles. The topological polar surface area (TPSA) is 21.3 Å². The molecule has 0 bridgehead atoms. The summed E-state index contributed by atoms with van der Waals surface area (Å²) in [6.45, 7) is 8.73. The Morgan fingerprint density at radius 3 is 2.94 bits per heavy atom. The Morgan fingerprint density at radius 2 is 2.31 bits per heavy atom. The summed E-state index contributed by atoms with van der Waals surface area (Å²) in [7, 11) is 0. The van der Waals surface area contributed by atoms with Crippen LogP contribution < -0.4 is 10.1 Å². The third kappa shape index (κ3) is 4.03. The molecule has 1 aromatic carbocycles. The van der Waals surface area contributed by atoms with Crippen LogP contribution in [0.25, 0.3) is 0 Å². The van der Waals surface area contributed by atoms with Gasteiger partial charge in [-0.05, 0) is 25.5 Å². The smallest absolute Gasteiger partial charge is 0.129 e. The second kappa shape index (κ2) is 6.28. The number of aryl methyl sites for hydroxylation is 1. The minimum Gasteiger partial charge on any atom is -0.489 e. The molecule has 1 unspecified atom stereocenters. The van der Waals surface area contributed by atoms with Crippen molar-refractivity contribution in [1.82, 2.24) is 5.32 Å². The van der Waals surface area contributed by atoms with Crippen LogP contribution in [-0.2, 0) is 0 Å². The van der Waals surface area contributed by atoms with Crippen molar-refractivity contribution in [3.8, 4) is 5.75 Å². The van der Waals surface area contributed by atoms with Gasteiger partial charge in [0.1, 0.15) is 17.7 Å². The number of hydrogen-bond donors (Lipinski definition) is 1. The zero-order valence-electron chi connectivity index (χ0n) is 9.79. The monoisotopic (exact) mass is 223 g/mol. The lowest BCUT2D eigenvalue weighted by atomic mass is 10.2. The van der Waals surface area contributed by atoms with Gasteiger partial charge in [0, 0.05) is 19.2 Å². The first-order valence-corrected chi connectivity index (χ1v) is 5.38. The number of rotatable bonds is 6. The summed E-state index contributed by atoms with van der Waals surface area (Å²) in [4.78, 5) is 0. The van der Waals surface area contributed by atoms with Crippen molar-refractivity contribution in [1.29, 1.82) is 0 Å². The standard InChI is InChI=1S/C13H18FNO/c1-4-7-15-9-11(3)16-12-6-5-10(2)13(14)8-12/h4-6,8,11,15H,1,7,9H2,2-3H3. The van der Waals surface area contributed by atoms with E-state index in [1.165, 1.54) is 6.07 Å². The first kappa shape index (κ1) is 12.7. The maximum absolute atomic E-state index is 13.2. The highest BCUT2D eigenvalue weighted by atomic mass is 19.1. The van der Waals surface area contributed by atoms with E-state index in [4.69, 9.17) is 4.74 Å². The Bertz CT molecular complexity index is 352. The van der Waals surface area contributed by atoms with Crippen molar-refractivity contribution < 1.29 is 9.13 Å². The SMILES string of the molecule is C=CCNCC(C)Oc1ccc(C)c(F)c1. The van der Waals surface area contributed by atoms with Gasteiger partial charge in [0.2, 0.25) is 0 Å².